The van der Waals surface area contributed by atoms with Crippen molar-refractivity contribution in [1.29, 1.82) is 0 Å². The molecule has 0 aliphatic carbocycles. The average Bonchev–Trinajstić information content (AvgIpc) is 3.45. The predicted molar refractivity (Wildman–Crippen MR) is 172 cm³/mol. The molecule has 0 bridgehead atoms. The number of rotatable bonds is 7. The molecule has 3 aromatic rings. The Morgan fingerprint density at radius 2 is 1.89 bits per heavy atom. The van der Waals surface area contributed by atoms with Crippen LogP contribution in [0, 0.1) is 0 Å². The van der Waals surface area contributed by atoms with Crippen LogP contribution in [0.2, 0.25) is 10.0 Å². The number of alkyl halides is 3. The standard InChI is InChI=1S/C31H29Cl3F2N4O5S/c1-44-22-11-18-15-39(14-17(18)10-21(22)40-8-3-9-45-30(40)43)29(42)25-23(12-24(31(34,35)36)38-28(25)41)46-27-20(32)6-5-19(26(27)33)16-4-2-7-37-13-16/h5-6,10-12,16,37H,2-4,7-9,13-15H2,1H3,(H,38,41). The highest BCUT2D eigenvalue weighted by Gasteiger charge is 2.35. The molecule has 2 saturated heterocycles. The molecule has 9 nitrogen and oxygen atoms in total. The Kier molecular flexibility index (Phi) is 9.46. The van der Waals surface area contributed by atoms with Gasteiger partial charge in [-0.15, -0.1) is 0 Å². The van der Waals surface area contributed by atoms with Gasteiger partial charge in [0.25, 0.3) is 11.5 Å². The van der Waals surface area contributed by atoms with Crippen LogP contribution < -0.4 is 20.5 Å². The van der Waals surface area contributed by atoms with E-state index in [4.69, 9.17) is 44.3 Å². The van der Waals surface area contributed by atoms with Gasteiger partial charge in [0.05, 0.1) is 29.4 Å². The summed E-state index contributed by atoms with van der Waals surface area (Å²) in [4.78, 5) is 45.2. The van der Waals surface area contributed by atoms with Crippen LogP contribution in [0.5, 0.6) is 5.75 Å². The van der Waals surface area contributed by atoms with Crippen LogP contribution in [0.3, 0.4) is 0 Å². The Bertz CT molecular complexity index is 1760. The number of aromatic nitrogens is 1. The Balaban J connectivity index is 1.36. The molecule has 244 valence electrons. The molecule has 46 heavy (non-hydrogen) atoms. The molecule has 6 rings (SSSR count). The number of hydrogen-bond acceptors (Lipinski definition) is 7. The third-order valence-electron chi connectivity index (χ3n) is 8.32. The first-order valence-corrected chi connectivity index (χ1v) is 16.6. The number of pyridine rings is 1. The lowest BCUT2D eigenvalue weighted by molar-refractivity contribution is 0.0740. The summed E-state index contributed by atoms with van der Waals surface area (Å²) in [6, 6.07) is 7.99. The number of benzene rings is 2. The zero-order chi connectivity index (χ0) is 32.7. The molecule has 0 radical (unpaired) electrons. The second-order valence-electron chi connectivity index (χ2n) is 11.2. The molecule has 2 fully saturated rings. The molecule has 3 aliphatic heterocycles. The number of nitrogens with one attached hydrogen (secondary N) is 2. The number of halogens is 5. The molecule has 2 amide bonds. The summed E-state index contributed by atoms with van der Waals surface area (Å²) < 4.78 is 39.4. The highest BCUT2D eigenvalue weighted by atomic mass is 35.5. The van der Waals surface area contributed by atoms with E-state index in [9.17, 15) is 23.2 Å². The molecule has 0 saturated carbocycles. The van der Waals surface area contributed by atoms with E-state index in [1.807, 2.05) is 6.07 Å². The van der Waals surface area contributed by atoms with E-state index in [1.165, 1.54) is 16.9 Å². The van der Waals surface area contributed by atoms with E-state index in [0.717, 1.165) is 53.9 Å². The largest absolute Gasteiger partial charge is 0.495 e. The number of cyclic esters (lactones) is 1. The van der Waals surface area contributed by atoms with Crippen molar-refractivity contribution in [3.63, 3.8) is 0 Å². The fraction of sp³-hybridized carbons (Fsp3) is 0.387. The van der Waals surface area contributed by atoms with Crippen LogP contribution in [0.15, 0.2) is 44.9 Å². The van der Waals surface area contributed by atoms with Gasteiger partial charge in [0.1, 0.15) is 17.0 Å². The quantitative estimate of drug-likeness (QED) is 0.252. The van der Waals surface area contributed by atoms with Gasteiger partial charge < -0.3 is 24.7 Å². The van der Waals surface area contributed by atoms with Gasteiger partial charge in [-0.2, -0.15) is 8.78 Å². The van der Waals surface area contributed by atoms with Crippen molar-refractivity contribution in [2.75, 3.05) is 38.3 Å². The van der Waals surface area contributed by atoms with Crippen LogP contribution in [0.25, 0.3) is 0 Å². The number of nitrogens with zero attached hydrogens (tertiary/aromatic N) is 2. The summed E-state index contributed by atoms with van der Waals surface area (Å²) in [6.07, 6.45) is 2.00. The Labute approximate surface area is 282 Å². The molecular weight excluding hydrogens is 685 g/mol. The summed E-state index contributed by atoms with van der Waals surface area (Å²) in [5.41, 5.74) is 0.553. The molecule has 2 N–H and O–H groups in total. The van der Waals surface area contributed by atoms with Crippen molar-refractivity contribution in [3.05, 3.63) is 78.7 Å². The molecule has 1 unspecified atom stereocenters. The van der Waals surface area contributed by atoms with Gasteiger partial charge in [-0.05, 0) is 84.3 Å². The summed E-state index contributed by atoms with van der Waals surface area (Å²) in [5.74, 6) is -0.160. The first kappa shape index (κ1) is 32.9. The fourth-order valence-electron chi connectivity index (χ4n) is 6.02. The summed E-state index contributed by atoms with van der Waals surface area (Å²) >= 11 is 19.6. The van der Waals surface area contributed by atoms with E-state index in [-0.39, 0.29) is 34.5 Å². The second kappa shape index (κ2) is 13.2. The maximum Gasteiger partial charge on any atom is 0.414 e. The van der Waals surface area contributed by atoms with Gasteiger partial charge in [0.15, 0.2) is 0 Å². The average molecular weight is 714 g/mol. The Morgan fingerprint density at radius 3 is 2.57 bits per heavy atom. The fourth-order valence-corrected chi connectivity index (χ4v) is 7.93. The number of piperidine rings is 1. The molecular formula is C31H29Cl3F2N4O5S. The van der Waals surface area contributed by atoms with E-state index < -0.39 is 28.6 Å². The van der Waals surface area contributed by atoms with Gasteiger partial charge in [0, 0.05) is 36.0 Å². The van der Waals surface area contributed by atoms with Crippen LogP contribution in [-0.4, -0.2) is 55.2 Å². The number of aromatic amines is 1. The van der Waals surface area contributed by atoms with Gasteiger partial charge in [-0.1, -0.05) is 41.0 Å². The van der Waals surface area contributed by atoms with Crippen molar-refractivity contribution in [1.82, 2.24) is 15.2 Å². The number of methoxy groups -OCH3 is 1. The van der Waals surface area contributed by atoms with Gasteiger partial charge in [-0.25, -0.2) is 4.79 Å². The number of carbonyl (C=O) groups is 2. The molecule has 1 atom stereocenters. The van der Waals surface area contributed by atoms with E-state index in [0.29, 0.717) is 47.5 Å². The lowest BCUT2D eigenvalue weighted by atomic mass is 9.92. The van der Waals surface area contributed by atoms with E-state index >= 15 is 0 Å². The van der Waals surface area contributed by atoms with Crippen LogP contribution in [-0.2, 0) is 23.2 Å². The number of fused-ring (bicyclic) bond motifs is 1. The molecule has 2 aromatic carbocycles. The lowest BCUT2D eigenvalue weighted by Gasteiger charge is -2.28. The van der Waals surface area contributed by atoms with Gasteiger partial charge >= 0.3 is 11.5 Å². The van der Waals surface area contributed by atoms with Crippen molar-refractivity contribution in [2.24, 2.45) is 0 Å². The number of H-pyrrole nitrogens is 1. The third-order valence-corrected chi connectivity index (χ3v) is 10.6. The third kappa shape index (κ3) is 6.42. The van der Waals surface area contributed by atoms with Crippen molar-refractivity contribution in [2.45, 2.75) is 53.4 Å². The second-order valence-corrected chi connectivity index (χ2v) is 13.6. The Morgan fingerprint density at radius 1 is 1.13 bits per heavy atom. The monoisotopic (exact) mass is 712 g/mol. The van der Waals surface area contributed by atoms with E-state index in [1.54, 1.807) is 18.2 Å². The molecule has 0 spiro atoms. The van der Waals surface area contributed by atoms with Crippen LogP contribution >= 0.6 is 46.6 Å². The topological polar surface area (TPSA) is 104 Å². The highest BCUT2D eigenvalue weighted by molar-refractivity contribution is 7.99. The molecule has 15 heteroatoms. The van der Waals surface area contributed by atoms with Gasteiger partial charge in [-0.3, -0.25) is 14.5 Å². The summed E-state index contributed by atoms with van der Waals surface area (Å²) in [5, 5.41) is 0.00150. The maximum absolute atomic E-state index is 14.3. The van der Waals surface area contributed by atoms with Crippen LogP contribution in [0.1, 0.15) is 57.9 Å². The predicted octanol–water partition coefficient (Wildman–Crippen LogP) is 7.10. The number of amides is 2. The zero-order valence-electron chi connectivity index (χ0n) is 24.6. The highest BCUT2D eigenvalue weighted by Crippen LogP contribution is 2.45. The van der Waals surface area contributed by atoms with Crippen molar-refractivity contribution >= 4 is 64.3 Å². The number of hydrogen-bond donors (Lipinski definition) is 2. The number of ether oxygens (including phenoxy) is 2. The molecule has 1 aromatic heterocycles. The Hall–Kier alpha value is -3.03. The lowest BCUT2D eigenvalue weighted by Crippen LogP contribution is -2.38. The van der Waals surface area contributed by atoms with Crippen molar-refractivity contribution in [3.8, 4) is 5.75 Å². The number of carbonyl (C=O) groups excluding carboxylic acids is 2. The number of anilines is 1. The minimum absolute atomic E-state index is 0.0721. The summed E-state index contributed by atoms with van der Waals surface area (Å²) in [7, 11) is 1.48. The van der Waals surface area contributed by atoms with Gasteiger partial charge in [0.2, 0.25) is 0 Å². The normalized spacial score (nSPS) is 18.4. The SMILES string of the molecule is COc1cc2c(cc1N1CCCOC1=O)CN(C(=O)c1c(Sc3c(Cl)ccc(C4CCCNC4)c3Cl)cc(C(F)(F)Cl)[nH]c1=O)C2. The molecule has 3 aliphatic rings. The minimum Gasteiger partial charge on any atom is -0.495 e. The van der Waals surface area contributed by atoms with E-state index in [2.05, 4.69) is 10.3 Å². The smallest absolute Gasteiger partial charge is 0.414 e. The first-order valence-electron chi connectivity index (χ1n) is 14.6. The molecule has 4 heterocycles. The zero-order valence-corrected chi connectivity index (χ0v) is 27.6. The maximum atomic E-state index is 14.3. The summed E-state index contributed by atoms with van der Waals surface area (Å²) in [6.45, 7) is 2.58. The minimum atomic E-state index is -3.91. The van der Waals surface area contributed by atoms with Crippen molar-refractivity contribution < 1.29 is 27.8 Å². The first-order chi connectivity index (χ1) is 22.0. The van der Waals surface area contributed by atoms with Crippen LogP contribution in [0.4, 0.5) is 19.3 Å².